The Hall–Kier alpha value is -1.93. The van der Waals surface area contributed by atoms with Crippen molar-refractivity contribution in [3.05, 3.63) is 29.8 Å². The van der Waals surface area contributed by atoms with Crippen molar-refractivity contribution in [1.29, 1.82) is 0 Å². The van der Waals surface area contributed by atoms with Crippen LogP contribution in [0.5, 0.6) is 0 Å². The van der Waals surface area contributed by atoms with E-state index in [-0.39, 0.29) is 24.0 Å². The van der Waals surface area contributed by atoms with Crippen molar-refractivity contribution in [2.45, 2.75) is 43.5 Å². The molecule has 0 unspecified atom stereocenters. The quantitative estimate of drug-likeness (QED) is 0.711. The molecule has 24 heavy (non-hydrogen) atoms. The topological polar surface area (TPSA) is 116 Å². The maximum absolute atomic E-state index is 11.7. The molecule has 0 heterocycles. The molecule has 0 saturated heterocycles. The maximum atomic E-state index is 11.7. The highest BCUT2D eigenvalue weighted by molar-refractivity contribution is 7.89. The second-order valence-electron chi connectivity index (χ2n) is 5.98. The molecular weight excluding hydrogens is 332 g/mol. The Bertz CT molecular complexity index is 679. The Morgan fingerprint density at radius 3 is 2.38 bits per heavy atom. The fraction of sp³-hybridized carbons (Fsp3) is 0.500. The predicted octanol–water partition coefficient (Wildman–Crippen LogP) is 1.07. The van der Waals surface area contributed by atoms with Gasteiger partial charge in [-0.15, -0.1) is 0 Å². The molecule has 0 spiro atoms. The molecule has 8 heteroatoms. The number of hydrogen-bond donors (Lipinski definition) is 2. The summed E-state index contributed by atoms with van der Waals surface area (Å²) in [5, 5.41) is 7.62. The molecule has 1 aromatic carbocycles. The highest BCUT2D eigenvalue weighted by Gasteiger charge is 2.19. The van der Waals surface area contributed by atoms with Crippen molar-refractivity contribution in [3.63, 3.8) is 0 Å². The van der Waals surface area contributed by atoms with Crippen LogP contribution in [-0.4, -0.2) is 26.9 Å². The minimum atomic E-state index is -3.72. The molecule has 0 radical (unpaired) electrons. The summed E-state index contributed by atoms with van der Waals surface area (Å²) in [7, 11) is -3.72. The van der Waals surface area contributed by atoms with Gasteiger partial charge in [0.1, 0.15) is 0 Å². The predicted molar refractivity (Wildman–Crippen MR) is 87.2 cm³/mol. The van der Waals surface area contributed by atoms with E-state index in [1.807, 2.05) is 0 Å². The lowest BCUT2D eigenvalue weighted by molar-refractivity contribution is -0.149. The lowest BCUT2D eigenvalue weighted by atomic mass is 10.1. The number of primary sulfonamides is 1. The summed E-state index contributed by atoms with van der Waals surface area (Å²) in [6.07, 6.45) is 4.79. The summed E-state index contributed by atoms with van der Waals surface area (Å²) in [5.74, 6) is -0.349. The fourth-order valence-electron chi connectivity index (χ4n) is 2.70. The number of nitrogens with one attached hydrogen (secondary N) is 1. The molecule has 1 aromatic rings. The van der Waals surface area contributed by atoms with Crippen LogP contribution in [0.1, 0.15) is 37.7 Å². The molecular formula is C16H22N2O5S. The highest BCUT2D eigenvalue weighted by Crippen LogP contribution is 2.27. The van der Waals surface area contributed by atoms with E-state index >= 15 is 0 Å². The van der Waals surface area contributed by atoms with Gasteiger partial charge in [-0.1, -0.05) is 25.0 Å². The average molecular weight is 354 g/mol. The largest absolute Gasteiger partial charge is 0.456 e. The Morgan fingerprint density at radius 1 is 1.17 bits per heavy atom. The summed E-state index contributed by atoms with van der Waals surface area (Å²) >= 11 is 0. The van der Waals surface area contributed by atoms with Crippen molar-refractivity contribution in [2.24, 2.45) is 11.1 Å². The summed E-state index contributed by atoms with van der Waals surface area (Å²) in [6, 6.07) is 5.87. The first-order chi connectivity index (χ1) is 11.3. The van der Waals surface area contributed by atoms with E-state index in [2.05, 4.69) is 5.32 Å². The van der Waals surface area contributed by atoms with E-state index in [4.69, 9.17) is 9.88 Å². The smallest absolute Gasteiger partial charge is 0.306 e. The van der Waals surface area contributed by atoms with Gasteiger partial charge in [0.2, 0.25) is 10.0 Å². The van der Waals surface area contributed by atoms with Crippen LogP contribution in [0.4, 0.5) is 0 Å². The van der Waals surface area contributed by atoms with Crippen molar-refractivity contribution < 1.29 is 22.7 Å². The molecule has 1 aliphatic rings. The molecule has 1 fully saturated rings. The van der Waals surface area contributed by atoms with Crippen molar-refractivity contribution >= 4 is 21.9 Å². The zero-order valence-electron chi connectivity index (χ0n) is 13.4. The van der Waals surface area contributed by atoms with Gasteiger partial charge >= 0.3 is 5.97 Å². The molecule has 0 atom stereocenters. The third-order valence-corrected chi connectivity index (χ3v) is 4.97. The summed E-state index contributed by atoms with van der Waals surface area (Å²) in [6.45, 7) is -0.0925. The molecule has 1 saturated carbocycles. The first-order valence-corrected chi connectivity index (χ1v) is 9.43. The first kappa shape index (κ1) is 18.4. The Kier molecular flexibility index (Phi) is 6.33. The number of carbonyl (C=O) groups excluding carboxylic acids is 2. The number of sulfonamides is 1. The second kappa shape index (κ2) is 8.25. The van der Waals surface area contributed by atoms with E-state index in [0.29, 0.717) is 17.9 Å². The molecule has 3 N–H and O–H groups in total. The molecule has 0 bridgehead atoms. The van der Waals surface area contributed by atoms with Gasteiger partial charge in [0, 0.05) is 13.0 Å². The molecule has 1 amide bonds. The molecule has 132 valence electrons. The number of rotatable bonds is 7. The van der Waals surface area contributed by atoms with Crippen LogP contribution in [-0.2, 0) is 30.9 Å². The molecule has 0 aliphatic heterocycles. The van der Waals surface area contributed by atoms with Gasteiger partial charge in [-0.05, 0) is 36.5 Å². The van der Waals surface area contributed by atoms with Crippen LogP contribution in [0.15, 0.2) is 29.2 Å². The van der Waals surface area contributed by atoms with Gasteiger partial charge in [-0.25, -0.2) is 13.6 Å². The van der Waals surface area contributed by atoms with Crippen LogP contribution in [0.25, 0.3) is 0 Å². The van der Waals surface area contributed by atoms with E-state index < -0.39 is 15.9 Å². The molecule has 2 rings (SSSR count). The average Bonchev–Trinajstić information content (AvgIpc) is 3.03. The van der Waals surface area contributed by atoms with Crippen molar-refractivity contribution in [3.8, 4) is 0 Å². The number of amides is 1. The Balaban J connectivity index is 1.70. The number of ether oxygens (including phenoxy) is 1. The van der Waals surface area contributed by atoms with Crippen LogP contribution in [0, 0.1) is 5.92 Å². The molecule has 7 nitrogen and oxygen atoms in total. The van der Waals surface area contributed by atoms with E-state index in [9.17, 15) is 18.0 Å². The molecule has 1 aliphatic carbocycles. The number of nitrogens with two attached hydrogens (primary N) is 1. The van der Waals surface area contributed by atoms with Gasteiger partial charge < -0.3 is 10.1 Å². The molecule has 0 aromatic heterocycles. The number of carbonyl (C=O) groups is 2. The SMILES string of the molecule is NS(=O)(=O)c1ccc(CNC(=O)COC(=O)CC2CCCC2)cc1. The van der Waals surface area contributed by atoms with Gasteiger partial charge in [0.05, 0.1) is 4.90 Å². The van der Waals surface area contributed by atoms with Crippen LogP contribution in [0.2, 0.25) is 0 Å². The monoisotopic (exact) mass is 354 g/mol. The van der Waals surface area contributed by atoms with Crippen LogP contribution in [0.3, 0.4) is 0 Å². The Morgan fingerprint density at radius 2 is 1.79 bits per heavy atom. The van der Waals surface area contributed by atoms with Gasteiger partial charge in [-0.3, -0.25) is 9.59 Å². The number of benzene rings is 1. The number of esters is 1. The fourth-order valence-corrected chi connectivity index (χ4v) is 3.22. The third kappa shape index (κ3) is 5.93. The maximum Gasteiger partial charge on any atom is 0.306 e. The summed E-state index contributed by atoms with van der Waals surface area (Å²) in [4.78, 5) is 23.3. The van der Waals surface area contributed by atoms with Gasteiger partial charge in [0.15, 0.2) is 6.61 Å². The summed E-state index contributed by atoms with van der Waals surface area (Å²) < 4.78 is 27.3. The zero-order valence-corrected chi connectivity index (χ0v) is 14.2. The number of hydrogen-bond acceptors (Lipinski definition) is 5. The lowest BCUT2D eigenvalue weighted by Gasteiger charge is -2.09. The third-order valence-electron chi connectivity index (χ3n) is 4.04. The van der Waals surface area contributed by atoms with Crippen molar-refractivity contribution in [2.75, 3.05) is 6.61 Å². The van der Waals surface area contributed by atoms with Crippen LogP contribution < -0.4 is 10.5 Å². The second-order valence-corrected chi connectivity index (χ2v) is 7.54. The normalized spacial score (nSPS) is 15.2. The van der Waals surface area contributed by atoms with Gasteiger partial charge in [-0.2, -0.15) is 0 Å². The lowest BCUT2D eigenvalue weighted by Crippen LogP contribution is -2.28. The standard InChI is InChI=1S/C16H22N2O5S/c17-24(21,22)14-7-5-13(6-8-14)10-18-15(19)11-23-16(20)9-12-3-1-2-4-12/h5-8,12H,1-4,9-11H2,(H,18,19)(H2,17,21,22). The van der Waals surface area contributed by atoms with E-state index in [1.54, 1.807) is 12.1 Å². The van der Waals surface area contributed by atoms with Crippen LogP contribution >= 0.6 is 0 Å². The zero-order chi connectivity index (χ0) is 17.6. The minimum absolute atomic E-state index is 0.0124. The minimum Gasteiger partial charge on any atom is -0.456 e. The summed E-state index contributed by atoms with van der Waals surface area (Å²) in [5.41, 5.74) is 0.716. The van der Waals surface area contributed by atoms with E-state index in [1.165, 1.54) is 12.1 Å². The Labute approximate surface area is 141 Å². The van der Waals surface area contributed by atoms with Crippen molar-refractivity contribution in [1.82, 2.24) is 5.32 Å². The van der Waals surface area contributed by atoms with E-state index in [0.717, 1.165) is 25.7 Å². The van der Waals surface area contributed by atoms with Gasteiger partial charge in [0.25, 0.3) is 5.91 Å². The first-order valence-electron chi connectivity index (χ1n) is 7.88. The highest BCUT2D eigenvalue weighted by atomic mass is 32.2.